The number of hydrogen-bond acceptors (Lipinski definition) is 3. The van der Waals surface area contributed by atoms with E-state index in [-0.39, 0.29) is 6.10 Å². The molecule has 0 amide bonds. The van der Waals surface area contributed by atoms with Gasteiger partial charge in [0.2, 0.25) is 0 Å². The van der Waals surface area contributed by atoms with Crippen LogP contribution in [0.25, 0.3) is 11.2 Å². The normalized spacial score (nSPS) is 11.3. The summed E-state index contributed by atoms with van der Waals surface area (Å²) in [5, 5.41) is 0. The minimum absolute atomic E-state index is 0.184. The number of ether oxygens (including phenoxy) is 1. The van der Waals surface area contributed by atoms with Crippen molar-refractivity contribution < 1.29 is 4.74 Å². The summed E-state index contributed by atoms with van der Waals surface area (Å²) in [4.78, 5) is 12.2. The number of rotatable bonds is 5. The Balaban J connectivity index is 1.76. The Kier molecular flexibility index (Phi) is 4.66. The highest BCUT2D eigenvalue weighted by Crippen LogP contribution is 2.24. The quantitative estimate of drug-likeness (QED) is 0.710. The molecule has 120 valence electrons. The number of benzene rings is 1. The minimum Gasteiger partial charge on any atom is -0.491 e. The van der Waals surface area contributed by atoms with Gasteiger partial charge >= 0.3 is 0 Å². The molecular weight excluding hydrogens is 354 g/mol. The number of imidazole rings is 1. The van der Waals surface area contributed by atoms with Gasteiger partial charge in [0.05, 0.1) is 6.10 Å². The van der Waals surface area contributed by atoms with Gasteiger partial charge in [-0.15, -0.1) is 0 Å². The number of fused-ring (bicyclic) bond motifs is 1. The first-order valence-electron chi connectivity index (χ1n) is 7.78. The zero-order chi connectivity index (χ0) is 16.4. The molecule has 2 aromatic heterocycles. The van der Waals surface area contributed by atoms with Gasteiger partial charge in [0.1, 0.15) is 17.1 Å². The molecule has 1 N–H and O–H groups in total. The lowest BCUT2D eigenvalue weighted by molar-refractivity contribution is 0.240. The number of aryl methyl sites for hydroxylation is 2. The van der Waals surface area contributed by atoms with Crippen molar-refractivity contribution in [3.05, 3.63) is 51.9 Å². The van der Waals surface area contributed by atoms with Gasteiger partial charge in [0.25, 0.3) is 0 Å². The van der Waals surface area contributed by atoms with Crippen LogP contribution in [0.3, 0.4) is 0 Å². The summed E-state index contributed by atoms with van der Waals surface area (Å²) in [6.07, 6.45) is 3.73. The van der Waals surface area contributed by atoms with E-state index in [2.05, 4.69) is 49.9 Å². The average molecular weight is 374 g/mol. The van der Waals surface area contributed by atoms with Gasteiger partial charge in [-0.1, -0.05) is 12.1 Å². The second kappa shape index (κ2) is 6.71. The van der Waals surface area contributed by atoms with Crippen LogP contribution in [-0.4, -0.2) is 21.1 Å². The lowest BCUT2D eigenvalue weighted by atomic mass is 10.0. The first kappa shape index (κ1) is 16.0. The van der Waals surface area contributed by atoms with Crippen molar-refractivity contribution in [2.75, 3.05) is 0 Å². The van der Waals surface area contributed by atoms with Gasteiger partial charge < -0.3 is 9.72 Å². The summed E-state index contributed by atoms with van der Waals surface area (Å²) in [6.45, 7) is 6.21. The molecule has 23 heavy (non-hydrogen) atoms. The Morgan fingerprint density at radius 2 is 2.09 bits per heavy atom. The maximum Gasteiger partial charge on any atom is 0.157 e. The molecule has 3 rings (SSSR count). The van der Waals surface area contributed by atoms with Crippen LogP contribution in [0.4, 0.5) is 0 Å². The zero-order valence-corrected chi connectivity index (χ0v) is 15.1. The third-order valence-electron chi connectivity index (χ3n) is 3.74. The molecule has 0 aliphatic rings. The van der Waals surface area contributed by atoms with E-state index in [1.54, 1.807) is 6.20 Å². The number of hydrogen-bond donors (Lipinski definition) is 1. The van der Waals surface area contributed by atoms with Crippen molar-refractivity contribution in [1.29, 1.82) is 0 Å². The molecule has 2 heterocycles. The van der Waals surface area contributed by atoms with Crippen molar-refractivity contribution in [3.63, 3.8) is 0 Å². The van der Waals surface area contributed by atoms with Crippen molar-refractivity contribution >= 4 is 27.1 Å². The van der Waals surface area contributed by atoms with E-state index in [1.165, 1.54) is 11.1 Å². The average Bonchev–Trinajstić information content (AvgIpc) is 2.89. The standard InChI is InChI=1S/C18H20BrN3O/c1-11(2)23-16-6-4-5-13(12(16)3)7-8-17-21-15-9-14(19)10-20-18(15)22-17/h4-6,9-11H,7-8H2,1-3H3,(H,20,21,22). The fourth-order valence-corrected chi connectivity index (χ4v) is 2.92. The van der Waals surface area contributed by atoms with Crippen LogP contribution in [-0.2, 0) is 12.8 Å². The SMILES string of the molecule is Cc1c(CCc2nc3cc(Br)cnc3[nH]2)cccc1OC(C)C. The minimum atomic E-state index is 0.184. The van der Waals surface area contributed by atoms with E-state index in [1.807, 2.05) is 26.0 Å². The van der Waals surface area contributed by atoms with E-state index in [0.29, 0.717) is 0 Å². The number of aromatic nitrogens is 3. The lowest BCUT2D eigenvalue weighted by Gasteiger charge is -2.14. The van der Waals surface area contributed by atoms with E-state index in [4.69, 9.17) is 4.74 Å². The largest absolute Gasteiger partial charge is 0.491 e. The highest BCUT2D eigenvalue weighted by Gasteiger charge is 2.09. The van der Waals surface area contributed by atoms with Crippen molar-refractivity contribution in [2.45, 2.75) is 39.7 Å². The summed E-state index contributed by atoms with van der Waals surface area (Å²) in [6, 6.07) is 8.21. The van der Waals surface area contributed by atoms with Crippen LogP contribution >= 0.6 is 15.9 Å². The maximum atomic E-state index is 5.86. The second-order valence-electron chi connectivity index (χ2n) is 5.91. The smallest absolute Gasteiger partial charge is 0.157 e. The van der Waals surface area contributed by atoms with Gasteiger partial charge in [-0.25, -0.2) is 9.97 Å². The number of nitrogens with one attached hydrogen (secondary N) is 1. The molecule has 1 aromatic carbocycles. The predicted molar refractivity (Wildman–Crippen MR) is 95.9 cm³/mol. The predicted octanol–water partition coefficient (Wildman–Crippen LogP) is 4.60. The fourth-order valence-electron chi connectivity index (χ4n) is 2.60. The second-order valence-corrected chi connectivity index (χ2v) is 6.83. The summed E-state index contributed by atoms with van der Waals surface area (Å²) < 4.78 is 6.80. The molecule has 0 aliphatic heterocycles. The number of H-pyrrole nitrogens is 1. The van der Waals surface area contributed by atoms with Crippen molar-refractivity contribution in [1.82, 2.24) is 15.0 Å². The third kappa shape index (κ3) is 3.72. The summed E-state index contributed by atoms with van der Waals surface area (Å²) in [5.41, 5.74) is 4.22. The van der Waals surface area contributed by atoms with E-state index in [9.17, 15) is 0 Å². The molecule has 4 nitrogen and oxygen atoms in total. The molecular formula is C18H20BrN3O. The Bertz CT molecular complexity index is 826. The Hall–Kier alpha value is -1.88. The summed E-state index contributed by atoms with van der Waals surface area (Å²) >= 11 is 3.42. The molecule has 5 heteroatoms. The molecule has 3 aromatic rings. The molecule has 0 unspecified atom stereocenters. The van der Waals surface area contributed by atoms with Crippen LogP contribution in [0.1, 0.15) is 30.8 Å². The van der Waals surface area contributed by atoms with Crippen molar-refractivity contribution in [2.24, 2.45) is 0 Å². The van der Waals surface area contributed by atoms with Crippen molar-refractivity contribution in [3.8, 4) is 5.75 Å². The number of aromatic amines is 1. The first-order chi connectivity index (χ1) is 11.0. The van der Waals surface area contributed by atoms with Crippen LogP contribution in [0.5, 0.6) is 5.75 Å². The molecule has 0 atom stereocenters. The van der Waals surface area contributed by atoms with E-state index >= 15 is 0 Å². The Morgan fingerprint density at radius 3 is 2.87 bits per heavy atom. The van der Waals surface area contributed by atoms with Gasteiger partial charge in [0.15, 0.2) is 5.65 Å². The molecule has 0 aliphatic carbocycles. The third-order valence-corrected chi connectivity index (χ3v) is 4.18. The number of nitrogens with zero attached hydrogens (tertiary/aromatic N) is 2. The van der Waals surface area contributed by atoms with Crippen LogP contribution in [0, 0.1) is 6.92 Å². The highest BCUT2D eigenvalue weighted by molar-refractivity contribution is 9.10. The van der Waals surface area contributed by atoms with Gasteiger partial charge in [0, 0.05) is 17.1 Å². The van der Waals surface area contributed by atoms with E-state index in [0.717, 1.165) is 40.1 Å². The number of pyridine rings is 1. The zero-order valence-electron chi connectivity index (χ0n) is 13.6. The first-order valence-corrected chi connectivity index (χ1v) is 8.57. The van der Waals surface area contributed by atoms with Crippen LogP contribution in [0.2, 0.25) is 0 Å². The molecule has 0 radical (unpaired) electrons. The molecule has 0 fully saturated rings. The van der Waals surface area contributed by atoms with Gasteiger partial charge in [-0.3, -0.25) is 0 Å². The summed E-state index contributed by atoms with van der Waals surface area (Å²) in [5.74, 6) is 1.92. The highest BCUT2D eigenvalue weighted by atomic mass is 79.9. The Labute approximate surface area is 144 Å². The van der Waals surface area contributed by atoms with Gasteiger partial charge in [-0.2, -0.15) is 0 Å². The monoisotopic (exact) mass is 373 g/mol. The maximum absolute atomic E-state index is 5.86. The summed E-state index contributed by atoms with van der Waals surface area (Å²) in [7, 11) is 0. The molecule has 0 bridgehead atoms. The lowest BCUT2D eigenvalue weighted by Crippen LogP contribution is -2.07. The number of halogens is 1. The van der Waals surface area contributed by atoms with Crippen LogP contribution in [0.15, 0.2) is 34.9 Å². The van der Waals surface area contributed by atoms with E-state index < -0.39 is 0 Å². The molecule has 0 saturated carbocycles. The van der Waals surface area contributed by atoms with Crippen LogP contribution < -0.4 is 4.74 Å². The Morgan fingerprint density at radius 1 is 1.26 bits per heavy atom. The van der Waals surface area contributed by atoms with Gasteiger partial charge in [-0.05, 0) is 66.4 Å². The molecule has 0 saturated heterocycles. The topological polar surface area (TPSA) is 50.8 Å². The molecule has 0 spiro atoms. The fraction of sp³-hybridized carbons (Fsp3) is 0.333.